The van der Waals surface area contributed by atoms with Crippen molar-refractivity contribution in [2.24, 2.45) is 20.5 Å². The van der Waals surface area contributed by atoms with Gasteiger partial charge in [-0.05, 0) is 61.4 Å². The Morgan fingerprint density at radius 2 is 1.07 bits per heavy atom. The number of hydrogen-bond donors (Lipinski definition) is 5. The van der Waals surface area contributed by atoms with Crippen molar-refractivity contribution in [3.05, 3.63) is 96.1 Å². The number of anilines is 4. The molecule has 4 rings (SSSR count). The first-order valence-electron chi connectivity index (χ1n) is 12.0. The molecule has 0 atom stereocenters. The highest BCUT2D eigenvalue weighted by Gasteiger charge is 2.10. The van der Waals surface area contributed by atoms with Gasteiger partial charge in [-0.25, -0.2) is 27.1 Å². The first-order chi connectivity index (χ1) is 19.4. The standard InChI is InChI=1S/C26H27N9O4S2/c1-17(19-8-12-22(13-9-19)40(27,36)37)32-34-24-16-25(31-26(30-24)29-21-6-4-3-5-7-21)35-33-18(2)20-10-14-23(15-11-20)41(28,38)39/h3-16H,1-2H3,(H2,27,36,37)(H2,28,38,39)(H3,29,30,31,34,35). The highest BCUT2D eigenvalue weighted by atomic mass is 32.2. The van der Waals surface area contributed by atoms with E-state index in [1.54, 1.807) is 44.2 Å². The SMILES string of the molecule is CC(=NNc1cc(NN=C(C)c2ccc(S(N)(=O)=O)cc2)nc(Nc2ccccc2)n1)c1ccc(S(N)(=O)=O)cc1. The van der Waals surface area contributed by atoms with Gasteiger partial charge in [0.15, 0.2) is 11.6 Å². The highest BCUT2D eigenvalue weighted by molar-refractivity contribution is 7.89. The second-order valence-electron chi connectivity index (χ2n) is 8.71. The van der Waals surface area contributed by atoms with Crippen LogP contribution in [0.2, 0.25) is 0 Å². The molecule has 1 heterocycles. The number of hydrazone groups is 2. The molecule has 0 unspecified atom stereocenters. The maximum Gasteiger partial charge on any atom is 0.238 e. The van der Waals surface area contributed by atoms with Gasteiger partial charge in [0.2, 0.25) is 26.0 Å². The Balaban J connectivity index is 1.58. The lowest BCUT2D eigenvalue weighted by molar-refractivity contribution is 0.596. The average Bonchev–Trinajstić information content (AvgIpc) is 2.94. The van der Waals surface area contributed by atoms with Gasteiger partial charge >= 0.3 is 0 Å². The molecule has 0 spiro atoms. The zero-order valence-corrected chi connectivity index (χ0v) is 23.6. The third-order valence-corrected chi connectivity index (χ3v) is 7.49. The normalized spacial score (nSPS) is 12.6. The molecule has 0 aliphatic carbocycles. The summed E-state index contributed by atoms with van der Waals surface area (Å²) < 4.78 is 46.1. The summed E-state index contributed by atoms with van der Waals surface area (Å²) in [5, 5.41) is 22.2. The second kappa shape index (κ2) is 12.2. The Labute approximate surface area is 237 Å². The van der Waals surface area contributed by atoms with E-state index in [9.17, 15) is 16.8 Å². The van der Waals surface area contributed by atoms with Crippen LogP contribution in [0.3, 0.4) is 0 Å². The van der Waals surface area contributed by atoms with E-state index >= 15 is 0 Å². The molecule has 7 N–H and O–H groups in total. The number of nitrogens with zero attached hydrogens (tertiary/aromatic N) is 4. The number of primary sulfonamides is 2. The number of sulfonamides is 2. The Kier molecular flexibility index (Phi) is 8.73. The van der Waals surface area contributed by atoms with Gasteiger partial charge in [0.05, 0.1) is 21.2 Å². The number of nitrogens with one attached hydrogen (secondary N) is 3. The maximum absolute atomic E-state index is 11.5. The summed E-state index contributed by atoms with van der Waals surface area (Å²) in [5.74, 6) is 0.943. The van der Waals surface area contributed by atoms with Crippen molar-refractivity contribution in [2.45, 2.75) is 23.6 Å². The van der Waals surface area contributed by atoms with Crippen LogP contribution in [-0.4, -0.2) is 38.2 Å². The lowest BCUT2D eigenvalue weighted by atomic mass is 10.1. The Bertz CT molecular complexity index is 1700. The molecule has 0 radical (unpaired) electrons. The Morgan fingerprint density at radius 3 is 1.46 bits per heavy atom. The zero-order valence-electron chi connectivity index (χ0n) is 22.0. The minimum Gasteiger partial charge on any atom is -0.324 e. The van der Waals surface area contributed by atoms with Gasteiger partial charge < -0.3 is 5.32 Å². The predicted molar refractivity (Wildman–Crippen MR) is 159 cm³/mol. The van der Waals surface area contributed by atoms with Gasteiger partial charge in [0, 0.05) is 11.8 Å². The summed E-state index contributed by atoms with van der Waals surface area (Å²) in [5.41, 5.74) is 9.02. The summed E-state index contributed by atoms with van der Waals surface area (Å²) in [4.78, 5) is 8.93. The largest absolute Gasteiger partial charge is 0.324 e. The van der Waals surface area contributed by atoms with E-state index in [0.717, 1.165) is 5.69 Å². The molecule has 1 aromatic heterocycles. The lowest BCUT2D eigenvalue weighted by Crippen LogP contribution is -2.12. The number of benzene rings is 3. The molecule has 4 aromatic rings. The third-order valence-electron chi connectivity index (χ3n) is 5.63. The van der Waals surface area contributed by atoms with E-state index in [2.05, 4.69) is 36.3 Å². The van der Waals surface area contributed by atoms with E-state index in [1.807, 2.05) is 30.3 Å². The van der Waals surface area contributed by atoms with Gasteiger partial charge in [-0.1, -0.05) is 42.5 Å². The first kappa shape index (κ1) is 29.3. The molecule has 0 fully saturated rings. The third kappa shape index (κ3) is 8.15. The molecule has 0 bridgehead atoms. The van der Waals surface area contributed by atoms with Crippen LogP contribution in [0, 0.1) is 0 Å². The predicted octanol–water partition coefficient (Wildman–Crippen LogP) is 3.19. The van der Waals surface area contributed by atoms with E-state index in [1.165, 1.54) is 24.3 Å². The van der Waals surface area contributed by atoms with Crippen LogP contribution in [0.5, 0.6) is 0 Å². The van der Waals surface area contributed by atoms with Crippen molar-refractivity contribution in [2.75, 3.05) is 16.2 Å². The van der Waals surface area contributed by atoms with Crippen molar-refractivity contribution in [1.29, 1.82) is 0 Å². The number of para-hydroxylation sites is 1. The van der Waals surface area contributed by atoms with Gasteiger partial charge in [-0.3, -0.25) is 10.9 Å². The van der Waals surface area contributed by atoms with E-state index in [0.29, 0.717) is 34.2 Å². The monoisotopic (exact) mass is 593 g/mol. The molecule has 0 saturated heterocycles. The van der Waals surface area contributed by atoms with Gasteiger partial charge in [0.1, 0.15) is 0 Å². The molecular weight excluding hydrogens is 566 g/mol. The highest BCUT2D eigenvalue weighted by Crippen LogP contribution is 2.19. The summed E-state index contributed by atoms with van der Waals surface area (Å²) >= 11 is 0. The van der Waals surface area contributed by atoms with Crippen LogP contribution in [0.4, 0.5) is 23.3 Å². The fourth-order valence-corrected chi connectivity index (χ4v) is 4.48. The topological polar surface area (TPSA) is 207 Å². The molecule has 0 amide bonds. The minimum atomic E-state index is -3.80. The van der Waals surface area contributed by atoms with Gasteiger partial charge in [0.25, 0.3) is 0 Å². The number of nitrogens with two attached hydrogens (primary N) is 2. The summed E-state index contributed by atoms with van der Waals surface area (Å²) in [6.45, 7) is 3.49. The molecule has 41 heavy (non-hydrogen) atoms. The van der Waals surface area contributed by atoms with Crippen LogP contribution < -0.4 is 26.4 Å². The van der Waals surface area contributed by atoms with Crippen LogP contribution in [0.25, 0.3) is 0 Å². The second-order valence-corrected chi connectivity index (χ2v) is 11.8. The number of aromatic nitrogens is 2. The molecule has 3 aromatic carbocycles. The zero-order chi connectivity index (χ0) is 29.6. The smallest absolute Gasteiger partial charge is 0.238 e. The molecule has 0 aliphatic rings. The molecule has 212 valence electrons. The van der Waals surface area contributed by atoms with Crippen LogP contribution in [0.15, 0.2) is 105 Å². The molecular formula is C26H27N9O4S2. The van der Waals surface area contributed by atoms with E-state index < -0.39 is 20.0 Å². The minimum absolute atomic E-state index is 0.00126. The maximum atomic E-state index is 11.5. The Morgan fingerprint density at radius 1 is 0.659 bits per heavy atom. The summed E-state index contributed by atoms with van der Waals surface area (Å²) in [6, 6.07) is 22.9. The molecule has 0 aliphatic heterocycles. The lowest BCUT2D eigenvalue weighted by Gasteiger charge is -2.10. The van der Waals surface area contributed by atoms with Crippen molar-refractivity contribution >= 4 is 54.7 Å². The van der Waals surface area contributed by atoms with Crippen molar-refractivity contribution < 1.29 is 16.8 Å². The van der Waals surface area contributed by atoms with Crippen LogP contribution in [0.1, 0.15) is 25.0 Å². The van der Waals surface area contributed by atoms with Gasteiger partial charge in [-0.15, -0.1) is 0 Å². The van der Waals surface area contributed by atoms with Crippen LogP contribution in [-0.2, 0) is 20.0 Å². The van der Waals surface area contributed by atoms with Crippen molar-refractivity contribution in [3.8, 4) is 0 Å². The number of hydrogen-bond acceptors (Lipinski definition) is 11. The first-order valence-corrected chi connectivity index (χ1v) is 15.1. The van der Waals surface area contributed by atoms with Gasteiger partial charge in [-0.2, -0.15) is 20.2 Å². The quantitative estimate of drug-likeness (QED) is 0.135. The van der Waals surface area contributed by atoms with Crippen molar-refractivity contribution in [3.63, 3.8) is 0 Å². The summed E-state index contributed by atoms with van der Waals surface area (Å²) in [6.07, 6.45) is 0. The molecule has 15 heteroatoms. The van der Waals surface area contributed by atoms with Crippen molar-refractivity contribution in [1.82, 2.24) is 9.97 Å². The van der Waals surface area contributed by atoms with E-state index in [4.69, 9.17) is 10.3 Å². The molecule has 0 saturated carbocycles. The number of rotatable bonds is 10. The summed E-state index contributed by atoms with van der Waals surface area (Å²) in [7, 11) is -7.60. The fourth-order valence-electron chi connectivity index (χ4n) is 3.45. The Hall–Kier alpha value is -4.70. The van der Waals surface area contributed by atoms with Crippen LogP contribution >= 0.6 is 0 Å². The fraction of sp³-hybridized carbons (Fsp3) is 0.0769. The molecule has 13 nitrogen and oxygen atoms in total. The van der Waals surface area contributed by atoms with E-state index in [-0.39, 0.29) is 15.7 Å². The average molecular weight is 594 g/mol.